The molecule has 0 N–H and O–H groups in total. The van der Waals surface area contributed by atoms with Crippen LogP contribution in [0.2, 0.25) is 5.28 Å². The van der Waals surface area contributed by atoms with Gasteiger partial charge in [-0.1, -0.05) is 53.7 Å². The Labute approximate surface area is 327 Å². The number of ketones is 2. The first-order chi connectivity index (χ1) is 25.3. The second-order valence-corrected chi connectivity index (χ2v) is 17.4. The lowest BCUT2D eigenvalue weighted by molar-refractivity contribution is -0.120. The number of anilines is 2. The Hall–Kier alpha value is -4.31. The molecular weight excluding hydrogens is 696 g/mol. The Morgan fingerprint density at radius 3 is 1.50 bits per heavy atom. The number of aryl methyl sites for hydroxylation is 5. The molecule has 0 amide bonds. The molecular formula is C43H59ClN8O2. The minimum absolute atomic E-state index is 0.00217. The molecule has 0 atom stereocenters. The molecule has 11 heteroatoms. The number of likely N-dealkylation sites (N-methyl/N-ethyl adjacent to an activating group) is 2. The lowest BCUT2D eigenvalue weighted by Gasteiger charge is -2.23. The molecule has 0 spiro atoms. The second kappa shape index (κ2) is 18.3. The molecule has 6 rings (SSSR count). The predicted molar refractivity (Wildman–Crippen MR) is 220 cm³/mol. The molecule has 0 fully saturated rings. The second-order valence-electron chi connectivity index (χ2n) is 17.1. The zero-order valence-electron chi connectivity index (χ0n) is 34.3. The molecule has 2 aliphatic rings. The van der Waals surface area contributed by atoms with Gasteiger partial charge in [0.15, 0.2) is 17.4 Å². The van der Waals surface area contributed by atoms with Gasteiger partial charge in [0.25, 0.3) is 0 Å². The van der Waals surface area contributed by atoms with Crippen molar-refractivity contribution in [2.75, 3.05) is 37.0 Å². The molecule has 0 aromatic carbocycles. The standard InChI is InChI=1S/C21H28N4O.C15H22ClN3O.C7H9N/c1-14-8-6-11-18(22-14)19-23-17-10-7-9-16(17)20(24-19)25(5)13-15(26)12-21(2,3)4;1-15(2,3)8-10(20)9-19(4)13-11-6-5-7-12(11)17-14(16)18-13;1-6-4-3-5-7(2)8-6/h6,8,11H,7,9-10,12-13H2,1-5H3;5-9H2,1-4H3;3-5H,1-2H3. The largest absolute Gasteiger partial charge is 0.352 e. The normalized spacial score (nSPS) is 13.2. The third kappa shape index (κ3) is 12.9. The summed E-state index contributed by atoms with van der Waals surface area (Å²) < 4.78 is 0. The van der Waals surface area contributed by atoms with Gasteiger partial charge in [0.05, 0.1) is 18.8 Å². The Morgan fingerprint density at radius 2 is 1.06 bits per heavy atom. The maximum atomic E-state index is 12.4. The van der Waals surface area contributed by atoms with Gasteiger partial charge >= 0.3 is 0 Å². The number of nitrogens with zero attached hydrogens (tertiary/aromatic N) is 8. The maximum absolute atomic E-state index is 12.4. The summed E-state index contributed by atoms with van der Waals surface area (Å²) in [6, 6.07) is 11.9. The topological polar surface area (TPSA) is 118 Å². The Morgan fingerprint density at radius 1 is 0.611 bits per heavy atom. The van der Waals surface area contributed by atoms with Crippen molar-refractivity contribution in [2.24, 2.45) is 10.8 Å². The number of Topliss-reactive ketones (excluding diaryl/α,β-unsaturated/α-hetero) is 2. The molecule has 10 nitrogen and oxygen atoms in total. The summed E-state index contributed by atoms with van der Waals surface area (Å²) in [4.78, 5) is 55.4. The third-order valence-electron chi connectivity index (χ3n) is 8.95. The van der Waals surface area contributed by atoms with Crippen LogP contribution < -0.4 is 9.80 Å². The van der Waals surface area contributed by atoms with Gasteiger partial charge in [-0.15, -0.1) is 0 Å². The molecule has 4 aromatic rings. The van der Waals surface area contributed by atoms with E-state index in [0.717, 1.165) is 89.9 Å². The van der Waals surface area contributed by atoms with Crippen LogP contribution in [0.25, 0.3) is 11.5 Å². The van der Waals surface area contributed by atoms with E-state index < -0.39 is 0 Å². The van der Waals surface area contributed by atoms with E-state index in [1.54, 1.807) is 0 Å². The number of halogens is 1. The van der Waals surface area contributed by atoms with Crippen molar-refractivity contribution in [1.82, 2.24) is 29.9 Å². The minimum atomic E-state index is 0.00217. The van der Waals surface area contributed by atoms with Crippen LogP contribution in [0.5, 0.6) is 0 Å². The molecule has 0 radical (unpaired) electrons. The van der Waals surface area contributed by atoms with Crippen molar-refractivity contribution >= 4 is 34.8 Å². The van der Waals surface area contributed by atoms with Crippen LogP contribution in [0, 0.1) is 31.6 Å². The van der Waals surface area contributed by atoms with Gasteiger partial charge in [-0.3, -0.25) is 14.6 Å². The molecule has 54 heavy (non-hydrogen) atoms. The quantitative estimate of drug-likeness (QED) is 0.154. The lowest BCUT2D eigenvalue weighted by atomic mass is 9.90. The number of pyridine rings is 2. The molecule has 0 saturated heterocycles. The van der Waals surface area contributed by atoms with Crippen molar-refractivity contribution in [3.05, 3.63) is 81.3 Å². The highest BCUT2D eigenvalue weighted by atomic mass is 35.5. The smallest absolute Gasteiger partial charge is 0.224 e. The maximum Gasteiger partial charge on any atom is 0.224 e. The number of carbonyl (C=O) groups is 2. The first kappa shape index (κ1) is 42.4. The van der Waals surface area contributed by atoms with E-state index in [0.29, 0.717) is 31.8 Å². The summed E-state index contributed by atoms with van der Waals surface area (Å²) in [6.45, 7) is 19.2. The summed E-state index contributed by atoms with van der Waals surface area (Å²) in [7, 11) is 3.85. The van der Waals surface area contributed by atoms with Gasteiger partial charge < -0.3 is 9.80 Å². The average molecular weight is 755 g/mol. The molecule has 4 heterocycles. The van der Waals surface area contributed by atoms with E-state index in [4.69, 9.17) is 21.6 Å². The fourth-order valence-corrected chi connectivity index (χ4v) is 7.04. The Bertz CT molecular complexity index is 1910. The number of carbonyl (C=O) groups excluding carboxylic acids is 2. The average Bonchev–Trinajstić information content (AvgIpc) is 3.72. The van der Waals surface area contributed by atoms with Crippen LogP contribution in [0.1, 0.15) is 107 Å². The van der Waals surface area contributed by atoms with Gasteiger partial charge in [-0.2, -0.15) is 0 Å². The third-order valence-corrected chi connectivity index (χ3v) is 9.11. The predicted octanol–water partition coefficient (Wildman–Crippen LogP) is 8.54. The van der Waals surface area contributed by atoms with Crippen molar-refractivity contribution in [3.63, 3.8) is 0 Å². The first-order valence-corrected chi connectivity index (χ1v) is 19.4. The number of aromatic nitrogens is 6. The van der Waals surface area contributed by atoms with Crippen LogP contribution in [0.3, 0.4) is 0 Å². The van der Waals surface area contributed by atoms with Gasteiger partial charge in [-0.25, -0.2) is 24.9 Å². The van der Waals surface area contributed by atoms with E-state index in [-0.39, 0.29) is 27.7 Å². The summed E-state index contributed by atoms with van der Waals surface area (Å²) in [5.74, 6) is 2.81. The number of fused-ring (bicyclic) bond motifs is 2. The summed E-state index contributed by atoms with van der Waals surface area (Å²) >= 11 is 5.98. The highest BCUT2D eigenvalue weighted by Gasteiger charge is 2.26. The van der Waals surface area contributed by atoms with E-state index in [1.165, 1.54) is 5.56 Å². The molecule has 2 aliphatic carbocycles. The lowest BCUT2D eigenvalue weighted by Crippen LogP contribution is -2.30. The number of hydrogen-bond donors (Lipinski definition) is 0. The van der Waals surface area contributed by atoms with E-state index in [2.05, 4.69) is 61.5 Å². The molecule has 290 valence electrons. The van der Waals surface area contributed by atoms with Crippen LogP contribution in [-0.4, -0.2) is 68.7 Å². The fourth-order valence-electron chi connectivity index (χ4n) is 6.86. The Kier molecular flexibility index (Phi) is 14.4. The highest BCUT2D eigenvalue weighted by molar-refractivity contribution is 6.28. The van der Waals surface area contributed by atoms with Gasteiger partial charge in [0, 0.05) is 60.8 Å². The first-order valence-electron chi connectivity index (χ1n) is 19.0. The minimum Gasteiger partial charge on any atom is -0.352 e. The van der Waals surface area contributed by atoms with Crippen LogP contribution >= 0.6 is 11.6 Å². The summed E-state index contributed by atoms with van der Waals surface area (Å²) in [6.07, 6.45) is 7.17. The SMILES string of the molecule is CN(CC(=O)CC(C)(C)C)c1nc(Cl)nc2c1CCC2.Cc1cccc(-c2nc3c(c(N(C)CC(=O)CC(C)(C)C)n2)CCC3)n1.Cc1cccc(C)n1. The number of hydrogen-bond acceptors (Lipinski definition) is 10. The summed E-state index contributed by atoms with van der Waals surface area (Å²) in [5, 5.41) is 0.274. The fraction of sp³-hybridized carbons (Fsp3) is 0.535. The molecule has 0 unspecified atom stereocenters. The molecule has 0 aliphatic heterocycles. The van der Waals surface area contributed by atoms with E-state index >= 15 is 0 Å². The zero-order valence-corrected chi connectivity index (χ0v) is 35.1. The number of rotatable bonds is 9. The van der Waals surface area contributed by atoms with Crippen LogP contribution in [-0.2, 0) is 35.3 Å². The van der Waals surface area contributed by atoms with Gasteiger partial charge in [0.1, 0.15) is 17.3 Å². The Balaban J connectivity index is 0.000000204. The van der Waals surface area contributed by atoms with E-state index in [9.17, 15) is 9.59 Å². The van der Waals surface area contributed by atoms with Crippen molar-refractivity contribution < 1.29 is 9.59 Å². The highest BCUT2D eigenvalue weighted by Crippen LogP contribution is 2.32. The van der Waals surface area contributed by atoms with Gasteiger partial charge in [-0.05, 0) is 106 Å². The molecule has 0 saturated carbocycles. The van der Waals surface area contributed by atoms with Crippen molar-refractivity contribution in [3.8, 4) is 11.5 Å². The zero-order chi connectivity index (χ0) is 39.8. The van der Waals surface area contributed by atoms with E-state index in [1.807, 2.05) is 81.1 Å². The van der Waals surface area contributed by atoms with Crippen molar-refractivity contribution in [1.29, 1.82) is 0 Å². The van der Waals surface area contributed by atoms with Crippen LogP contribution in [0.4, 0.5) is 11.6 Å². The van der Waals surface area contributed by atoms with Crippen molar-refractivity contribution in [2.45, 2.75) is 114 Å². The van der Waals surface area contributed by atoms with Gasteiger partial charge in [0.2, 0.25) is 5.28 Å². The van der Waals surface area contributed by atoms with Crippen LogP contribution in [0.15, 0.2) is 36.4 Å². The monoisotopic (exact) mass is 754 g/mol. The molecule has 4 aromatic heterocycles. The molecule has 0 bridgehead atoms. The summed E-state index contributed by atoms with van der Waals surface area (Å²) in [5.41, 5.74) is 8.41.